The Hall–Kier alpha value is -1.86. The van der Waals surface area contributed by atoms with Gasteiger partial charge in [-0.2, -0.15) is 0 Å². The molecule has 3 N–H and O–H groups in total. The zero-order valence-electron chi connectivity index (χ0n) is 9.48. The quantitative estimate of drug-likeness (QED) is 0.761. The maximum atomic E-state index is 13.5. The summed E-state index contributed by atoms with van der Waals surface area (Å²) in [5.74, 6) is -0.294. The number of H-pyrrole nitrogens is 1. The summed E-state index contributed by atoms with van der Waals surface area (Å²) in [7, 11) is 0. The number of rotatable bonds is 2. The highest BCUT2D eigenvalue weighted by Crippen LogP contribution is 2.25. The first-order valence-corrected chi connectivity index (χ1v) is 6.58. The number of nitrogens with two attached hydrogens (primary N) is 1. The van der Waals surface area contributed by atoms with Crippen molar-refractivity contribution in [2.24, 2.45) is 0 Å². The Bertz CT molecular complexity index is 822. The van der Waals surface area contributed by atoms with Crippen LogP contribution in [0.25, 0.3) is 11.0 Å². The van der Waals surface area contributed by atoms with E-state index in [4.69, 9.17) is 17.3 Å². The van der Waals surface area contributed by atoms with Gasteiger partial charge in [-0.15, -0.1) is 0 Å². The van der Waals surface area contributed by atoms with Crippen molar-refractivity contribution in [3.05, 3.63) is 43.7 Å². The minimum Gasteiger partial charge on any atom is -0.369 e. The van der Waals surface area contributed by atoms with Gasteiger partial charge in [0.05, 0.1) is 22.6 Å². The number of aromatic amines is 1. The molecule has 0 aliphatic heterocycles. The fraction of sp³-hybridized carbons (Fsp3) is 0.0909. The predicted molar refractivity (Wildman–Crippen MR) is 73.2 cm³/mol. The Morgan fingerprint density at radius 3 is 3.00 bits per heavy atom. The van der Waals surface area contributed by atoms with Gasteiger partial charge in [0.2, 0.25) is 5.95 Å². The molecular weight excluding hydrogens is 291 g/mol. The third-order valence-electron chi connectivity index (χ3n) is 2.72. The summed E-state index contributed by atoms with van der Waals surface area (Å²) in [5.41, 5.74) is 7.55. The number of hydrogen-bond acceptors (Lipinski definition) is 4. The topological polar surface area (TPSA) is 76.7 Å². The first-order valence-electron chi connectivity index (χ1n) is 5.32. The van der Waals surface area contributed by atoms with E-state index in [1.165, 1.54) is 12.1 Å². The lowest BCUT2D eigenvalue weighted by molar-refractivity contribution is 0.629. The van der Waals surface area contributed by atoms with Crippen LogP contribution in [-0.2, 0) is 6.54 Å². The van der Waals surface area contributed by atoms with Crippen LogP contribution in [0.15, 0.2) is 22.3 Å². The highest BCUT2D eigenvalue weighted by molar-refractivity contribution is 7.07. The molecule has 3 rings (SSSR count). The Kier molecular flexibility index (Phi) is 2.79. The van der Waals surface area contributed by atoms with Crippen molar-refractivity contribution in [2.75, 3.05) is 5.73 Å². The predicted octanol–water partition coefficient (Wildman–Crippen LogP) is 2.21. The zero-order valence-corrected chi connectivity index (χ0v) is 11.1. The second-order valence-corrected chi connectivity index (χ2v) is 5.23. The Labute approximate surface area is 115 Å². The molecule has 3 aromatic rings. The van der Waals surface area contributed by atoms with Gasteiger partial charge >= 0.3 is 4.87 Å². The number of benzene rings is 1. The lowest BCUT2D eigenvalue weighted by Crippen LogP contribution is -2.06. The average molecular weight is 299 g/mol. The lowest BCUT2D eigenvalue weighted by atomic mass is 10.3. The van der Waals surface area contributed by atoms with Gasteiger partial charge in [0, 0.05) is 17.1 Å². The summed E-state index contributed by atoms with van der Waals surface area (Å²) in [6.45, 7) is 0.322. The molecule has 0 amide bonds. The minimum atomic E-state index is -0.533. The van der Waals surface area contributed by atoms with E-state index in [1.54, 1.807) is 9.95 Å². The maximum absolute atomic E-state index is 13.5. The summed E-state index contributed by atoms with van der Waals surface area (Å²) < 4.78 is 15.1. The van der Waals surface area contributed by atoms with Crippen molar-refractivity contribution in [1.82, 2.24) is 14.5 Å². The van der Waals surface area contributed by atoms with Crippen LogP contribution in [0.3, 0.4) is 0 Å². The number of anilines is 1. The molecule has 0 fully saturated rings. The fourth-order valence-corrected chi connectivity index (χ4v) is 2.60. The third-order valence-corrected chi connectivity index (χ3v) is 3.73. The van der Waals surface area contributed by atoms with Crippen LogP contribution in [0.5, 0.6) is 0 Å². The number of imidazole rings is 1. The number of hydrogen-bond donors (Lipinski definition) is 2. The standard InChI is InChI=1S/C11H8ClFN4OS/c12-6-1-8-9(2-7(6)13)17(10(14)16-8)3-5-4-19-11(18)15-5/h1-2,4H,3H2,(H2,14,16)(H,15,18). The van der Waals surface area contributed by atoms with Crippen LogP contribution in [-0.4, -0.2) is 14.5 Å². The van der Waals surface area contributed by atoms with E-state index in [9.17, 15) is 9.18 Å². The summed E-state index contributed by atoms with van der Waals surface area (Å²) in [5, 5.41) is 1.70. The average Bonchev–Trinajstić information content (AvgIpc) is 2.87. The van der Waals surface area contributed by atoms with Crippen LogP contribution < -0.4 is 10.6 Å². The molecule has 2 heterocycles. The summed E-state index contributed by atoms with van der Waals surface area (Å²) >= 11 is 6.76. The van der Waals surface area contributed by atoms with E-state index in [2.05, 4.69) is 9.97 Å². The number of halogens is 2. The number of nitrogens with one attached hydrogen (secondary N) is 1. The first kappa shape index (κ1) is 12.2. The Balaban J connectivity index is 2.14. The molecule has 0 saturated carbocycles. The first-order chi connectivity index (χ1) is 9.04. The van der Waals surface area contributed by atoms with Gasteiger partial charge in [-0.3, -0.25) is 4.79 Å². The molecule has 0 spiro atoms. The van der Waals surface area contributed by atoms with Gasteiger partial charge in [0.1, 0.15) is 5.82 Å². The fourth-order valence-electron chi connectivity index (χ4n) is 1.87. The number of fused-ring (bicyclic) bond motifs is 1. The van der Waals surface area contributed by atoms with E-state index >= 15 is 0 Å². The highest BCUT2D eigenvalue weighted by atomic mass is 35.5. The van der Waals surface area contributed by atoms with Crippen LogP contribution in [0.1, 0.15) is 5.69 Å². The largest absolute Gasteiger partial charge is 0.369 e. The number of nitrogens with zero attached hydrogens (tertiary/aromatic N) is 2. The van der Waals surface area contributed by atoms with Gasteiger partial charge in [-0.05, 0) is 6.07 Å². The minimum absolute atomic E-state index is 0.00101. The normalized spacial score (nSPS) is 11.3. The van der Waals surface area contributed by atoms with E-state index in [-0.39, 0.29) is 15.8 Å². The summed E-state index contributed by atoms with van der Waals surface area (Å²) in [6, 6.07) is 2.71. The second-order valence-electron chi connectivity index (χ2n) is 3.98. The molecule has 0 aliphatic rings. The molecule has 1 aromatic carbocycles. The van der Waals surface area contributed by atoms with Crippen molar-refractivity contribution in [3.63, 3.8) is 0 Å². The molecular formula is C11H8ClFN4OS. The zero-order chi connectivity index (χ0) is 13.6. The molecule has 98 valence electrons. The van der Waals surface area contributed by atoms with E-state index in [0.717, 1.165) is 11.3 Å². The van der Waals surface area contributed by atoms with E-state index in [0.29, 0.717) is 23.3 Å². The van der Waals surface area contributed by atoms with Gasteiger partial charge in [0.15, 0.2) is 0 Å². The van der Waals surface area contributed by atoms with Gasteiger partial charge in [-0.25, -0.2) is 9.37 Å². The van der Waals surface area contributed by atoms with Crippen molar-refractivity contribution >= 4 is 39.9 Å². The maximum Gasteiger partial charge on any atom is 0.304 e. The smallest absolute Gasteiger partial charge is 0.304 e. The molecule has 0 unspecified atom stereocenters. The van der Waals surface area contributed by atoms with Crippen LogP contribution in [0, 0.1) is 5.82 Å². The summed E-state index contributed by atoms with van der Waals surface area (Å²) in [6.07, 6.45) is 0. The molecule has 0 saturated heterocycles. The van der Waals surface area contributed by atoms with E-state index in [1.807, 2.05) is 0 Å². The number of thiazole rings is 1. The lowest BCUT2D eigenvalue weighted by Gasteiger charge is -2.04. The van der Waals surface area contributed by atoms with Crippen LogP contribution in [0.2, 0.25) is 5.02 Å². The number of nitrogen functional groups attached to an aromatic ring is 1. The van der Waals surface area contributed by atoms with Gasteiger partial charge in [-0.1, -0.05) is 22.9 Å². The molecule has 19 heavy (non-hydrogen) atoms. The Morgan fingerprint density at radius 2 is 2.32 bits per heavy atom. The Morgan fingerprint density at radius 1 is 1.53 bits per heavy atom. The monoisotopic (exact) mass is 298 g/mol. The molecule has 0 aliphatic carbocycles. The van der Waals surface area contributed by atoms with Crippen molar-refractivity contribution in [2.45, 2.75) is 6.54 Å². The molecule has 8 heteroatoms. The molecule has 0 bridgehead atoms. The van der Waals surface area contributed by atoms with Crippen LogP contribution >= 0.6 is 22.9 Å². The molecule has 0 radical (unpaired) electrons. The third kappa shape index (κ3) is 2.11. The van der Waals surface area contributed by atoms with E-state index < -0.39 is 5.82 Å². The van der Waals surface area contributed by atoms with Crippen molar-refractivity contribution in [3.8, 4) is 0 Å². The SMILES string of the molecule is Nc1nc2cc(Cl)c(F)cc2n1Cc1csc(=O)[nH]1. The van der Waals surface area contributed by atoms with Crippen LogP contribution in [0.4, 0.5) is 10.3 Å². The molecule has 2 aromatic heterocycles. The highest BCUT2D eigenvalue weighted by Gasteiger charge is 2.12. The van der Waals surface area contributed by atoms with Crippen molar-refractivity contribution in [1.29, 1.82) is 0 Å². The molecule has 5 nitrogen and oxygen atoms in total. The van der Waals surface area contributed by atoms with Gasteiger partial charge in [0.25, 0.3) is 0 Å². The van der Waals surface area contributed by atoms with Gasteiger partial charge < -0.3 is 15.3 Å². The number of aromatic nitrogens is 3. The van der Waals surface area contributed by atoms with Crippen molar-refractivity contribution < 1.29 is 4.39 Å². The second kappa shape index (κ2) is 4.36. The summed E-state index contributed by atoms with van der Waals surface area (Å²) in [4.78, 5) is 17.7. The molecule has 0 atom stereocenters.